The molecule has 8 heteroatoms. The summed E-state index contributed by atoms with van der Waals surface area (Å²) in [5.74, 6) is 2.02. The molecule has 0 atom stereocenters. The van der Waals surface area contributed by atoms with Gasteiger partial charge < -0.3 is 10.1 Å². The Bertz CT molecular complexity index is 1100. The highest BCUT2D eigenvalue weighted by Crippen LogP contribution is 2.39. The number of nitrogens with zero attached hydrogens (tertiary/aromatic N) is 4. The van der Waals surface area contributed by atoms with Crippen LogP contribution in [0.15, 0.2) is 36.7 Å². The van der Waals surface area contributed by atoms with Crippen molar-refractivity contribution in [3.63, 3.8) is 0 Å². The zero-order valence-electron chi connectivity index (χ0n) is 14.4. The van der Waals surface area contributed by atoms with E-state index in [9.17, 15) is 0 Å². The van der Waals surface area contributed by atoms with Crippen LogP contribution >= 0.6 is 0 Å². The number of anilines is 2. The van der Waals surface area contributed by atoms with Gasteiger partial charge in [0.15, 0.2) is 11.6 Å². The van der Waals surface area contributed by atoms with Crippen LogP contribution in [0.5, 0.6) is 0 Å². The van der Waals surface area contributed by atoms with E-state index in [1.54, 1.807) is 12.4 Å². The topological polar surface area (TPSA) is 104 Å². The van der Waals surface area contributed by atoms with Gasteiger partial charge in [-0.2, -0.15) is 10.2 Å². The minimum atomic E-state index is -0.471. The summed E-state index contributed by atoms with van der Waals surface area (Å²) >= 11 is 0. The molecule has 0 saturated heterocycles. The average Bonchev–Trinajstić information content (AvgIpc) is 3.36. The molecule has 1 aliphatic heterocycles. The van der Waals surface area contributed by atoms with Crippen LogP contribution in [0.1, 0.15) is 25.1 Å². The highest BCUT2D eigenvalue weighted by atomic mass is 16.5. The van der Waals surface area contributed by atoms with E-state index in [1.165, 1.54) is 0 Å². The molecule has 3 N–H and O–H groups in total. The lowest BCUT2D eigenvalue weighted by Crippen LogP contribution is -2.17. The molecule has 0 spiro atoms. The van der Waals surface area contributed by atoms with Gasteiger partial charge in [-0.15, -0.1) is 0 Å². The van der Waals surface area contributed by atoms with Gasteiger partial charge in [0.1, 0.15) is 11.4 Å². The number of nitrogens with one attached hydrogen (secondary N) is 3. The maximum atomic E-state index is 5.94. The molecule has 26 heavy (non-hydrogen) atoms. The molecule has 0 bridgehead atoms. The normalized spacial score (nSPS) is 15.3. The van der Waals surface area contributed by atoms with Gasteiger partial charge in [0.05, 0.1) is 29.6 Å². The maximum absolute atomic E-state index is 5.94. The molecule has 1 aliphatic rings. The lowest BCUT2D eigenvalue weighted by atomic mass is 10.0. The van der Waals surface area contributed by atoms with Crippen LogP contribution in [-0.2, 0) is 16.9 Å². The summed E-state index contributed by atoms with van der Waals surface area (Å²) in [6.07, 6.45) is 3.48. The maximum Gasteiger partial charge on any atom is 0.165 e. The first kappa shape index (κ1) is 15.0. The predicted molar refractivity (Wildman–Crippen MR) is 96.8 cm³/mol. The van der Waals surface area contributed by atoms with Crippen LogP contribution in [0.3, 0.4) is 0 Å². The molecule has 5 rings (SSSR count). The second-order valence-corrected chi connectivity index (χ2v) is 6.75. The minimum Gasteiger partial charge on any atom is -0.364 e. The molecular weight excluding hydrogens is 330 g/mol. The van der Waals surface area contributed by atoms with Gasteiger partial charge in [-0.05, 0) is 26.0 Å². The number of benzene rings is 1. The number of para-hydroxylation sites is 1. The van der Waals surface area contributed by atoms with Crippen molar-refractivity contribution in [2.45, 2.75) is 26.1 Å². The molecule has 0 radical (unpaired) electrons. The molecule has 4 heterocycles. The van der Waals surface area contributed by atoms with Crippen LogP contribution < -0.4 is 5.32 Å². The summed E-state index contributed by atoms with van der Waals surface area (Å²) < 4.78 is 5.94. The summed E-state index contributed by atoms with van der Waals surface area (Å²) in [5.41, 5.74) is 3.15. The number of ether oxygens (including phenoxy) is 1. The van der Waals surface area contributed by atoms with E-state index in [1.807, 2.05) is 38.1 Å². The summed E-state index contributed by atoms with van der Waals surface area (Å²) in [6, 6.07) is 7.96. The first-order valence-corrected chi connectivity index (χ1v) is 8.36. The Morgan fingerprint density at radius 3 is 2.88 bits per heavy atom. The van der Waals surface area contributed by atoms with Crippen molar-refractivity contribution < 1.29 is 4.74 Å². The van der Waals surface area contributed by atoms with Crippen LogP contribution in [-0.4, -0.2) is 30.4 Å². The second kappa shape index (κ2) is 5.37. The van der Waals surface area contributed by atoms with Crippen molar-refractivity contribution >= 4 is 22.5 Å². The number of aromatic nitrogens is 6. The van der Waals surface area contributed by atoms with Crippen molar-refractivity contribution in [1.29, 1.82) is 0 Å². The Morgan fingerprint density at radius 2 is 2.04 bits per heavy atom. The fraction of sp³-hybridized carbons (Fsp3) is 0.222. The number of rotatable bonds is 3. The van der Waals surface area contributed by atoms with Crippen molar-refractivity contribution in [3.8, 4) is 11.4 Å². The smallest absolute Gasteiger partial charge is 0.165 e. The zero-order chi connectivity index (χ0) is 17.7. The number of hydrogen-bond acceptors (Lipinski definition) is 6. The quantitative estimate of drug-likeness (QED) is 0.525. The van der Waals surface area contributed by atoms with Gasteiger partial charge in [-0.25, -0.2) is 9.97 Å². The fourth-order valence-corrected chi connectivity index (χ4v) is 3.22. The largest absolute Gasteiger partial charge is 0.364 e. The van der Waals surface area contributed by atoms with Crippen LogP contribution in [0.25, 0.3) is 22.3 Å². The lowest BCUT2D eigenvalue weighted by Gasteiger charge is -2.18. The highest BCUT2D eigenvalue weighted by molar-refractivity contribution is 5.91. The van der Waals surface area contributed by atoms with Gasteiger partial charge in [0.25, 0.3) is 0 Å². The van der Waals surface area contributed by atoms with E-state index in [4.69, 9.17) is 14.7 Å². The Labute approximate surface area is 149 Å². The molecular formula is C18H17N7O. The molecule has 0 saturated carbocycles. The number of aromatic amines is 2. The first-order valence-electron chi connectivity index (χ1n) is 8.36. The third-order valence-electron chi connectivity index (χ3n) is 4.62. The Hall–Kier alpha value is -3.26. The van der Waals surface area contributed by atoms with E-state index in [0.29, 0.717) is 18.2 Å². The molecule has 130 valence electrons. The van der Waals surface area contributed by atoms with Crippen molar-refractivity contribution in [2.75, 3.05) is 5.32 Å². The highest BCUT2D eigenvalue weighted by Gasteiger charge is 2.36. The standard InChI is InChI=1S/C18H17N7O/c1-18(2)14-12(9-26-18)16(22-15(21-14)10-7-19-20-8-10)23-17-11-5-3-4-6-13(11)24-25-17/h3-8H,9H2,1-2H3,(H,19,20)(H2,21,22,23,24,25). The van der Waals surface area contributed by atoms with Gasteiger partial charge >= 0.3 is 0 Å². The van der Waals surface area contributed by atoms with Crippen LogP contribution in [0, 0.1) is 0 Å². The molecule has 0 aliphatic carbocycles. The monoisotopic (exact) mass is 347 g/mol. The van der Waals surface area contributed by atoms with E-state index in [-0.39, 0.29) is 0 Å². The lowest BCUT2D eigenvalue weighted by molar-refractivity contribution is -0.00995. The van der Waals surface area contributed by atoms with E-state index < -0.39 is 5.60 Å². The van der Waals surface area contributed by atoms with E-state index in [0.717, 1.165) is 33.5 Å². The third kappa shape index (κ3) is 2.26. The summed E-state index contributed by atoms with van der Waals surface area (Å²) in [4.78, 5) is 9.45. The van der Waals surface area contributed by atoms with Gasteiger partial charge in [0.2, 0.25) is 0 Å². The second-order valence-electron chi connectivity index (χ2n) is 6.75. The SMILES string of the molecule is CC1(C)OCc2c(Nc3n[nH]c4ccccc34)nc(-c3cn[nH]c3)nc21. The third-order valence-corrected chi connectivity index (χ3v) is 4.62. The Morgan fingerprint density at radius 1 is 1.15 bits per heavy atom. The number of H-pyrrole nitrogens is 2. The van der Waals surface area contributed by atoms with Gasteiger partial charge in [-0.3, -0.25) is 10.2 Å². The van der Waals surface area contributed by atoms with Crippen molar-refractivity contribution in [1.82, 2.24) is 30.4 Å². The molecule has 0 unspecified atom stereocenters. The molecule has 4 aromatic rings. The molecule has 3 aromatic heterocycles. The zero-order valence-corrected chi connectivity index (χ0v) is 14.4. The molecule has 0 fully saturated rings. The summed E-state index contributed by atoms with van der Waals surface area (Å²) in [7, 11) is 0. The molecule has 0 amide bonds. The van der Waals surface area contributed by atoms with Crippen LogP contribution in [0.4, 0.5) is 11.6 Å². The summed E-state index contributed by atoms with van der Waals surface area (Å²) in [6.45, 7) is 4.48. The predicted octanol–water partition coefficient (Wildman–Crippen LogP) is 3.25. The van der Waals surface area contributed by atoms with Crippen molar-refractivity contribution in [3.05, 3.63) is 47.9 Å². The van der Waals surface area contributed by atoms with E-state index in [2.05, 4.69) is 25.7 Å². The van der Waals surface area contributed by atoms with Gasteiger partial charge in [0, 0.05) is 17.1 Å². The number of fused-ring (bicyclic) bond motifs is 2. The first-order chi connectivity index (χ1) is 12.6. The van der Waals surface area contributed by atoms with Crippen LogP contribution in [0.2, 0.25) is 0 Å². The molecule has 8 nitrogen and oxygen atoms in total. The Kier molecular flexibility index (Phi) is 3.10. The summed E-state index contributed by atoms with van der Waals surface area (Å²) in [5, 5.41) is 18.6. The average molecular weight is 347 g/mol. The Balaban J connectivity index is 1.66. The van der Waals surface area contributed by atoms with E-state index >= 15 is 0 Å². The minimum absolute atomic E-state index is 0.457. The number of hydrogen-bond donors (Lipinski definition) is 3. The van der Waals surface area contributed by atoms with Gasteiger partial charge in [-0.1, -0.05) is 12.1 Å². The molecule has 1 aromatic carbocycles. The fourth-order valence-electron chi connectivity index (χ4n) is 3.22. The van der Waals surface area contributed by atoms with Crippen molar-refractivity contribution in [2.24, 2.45) is 0 Å².